The van der Waals surface area contributed by atoms with Crippen LogP contribution in [0.25, 0.3) is 0 Å². The maximum absolute atomic E-state index is 11.6. The van der Waals surface area contributed by atoms with Crippen molar-refractivity contribution in [2.75, 3.05) is 13.7 Å². The Hall–Kier alpha value is -1.81. The first-order valence-corrected chi connectivity index (χ1v) is 5.80. The van der Waals surface area contributed by atoms with E-state index in [0.29, 0.717) is 23.7 Å². The zero-order valence-electron chi connectivity index (χ0n) is 10.4. The second-order valence-electron chi connectivity index (χ2n) is 4.57. The average Bonchev–Trinajstić information content (AvgIpc) is 2.87. The topological polar surface area (TPSA) is 44.8 Å². The highest BCUT2D eigenvalue weighted by molar-refractivity contribution is 5.97. The lowest BCUT2D eigenvalue weighted by Gasteiger charge is -2.10. The molecular formula is C14H14O4. The van der Waals surface area contributed by atoms with Crippen LogP contribution in [-0.2, 0) is 4.74 Å². The van der Waals surface area contributed by atoms with Crippen LogP contribution in [0.3, 0.4) is 0 Å². The molecule has 2 aliphatic rings. The van der Waals surface area contributed by atoms with Gasteiger partial charge >= 0.3 is 0 Å². The molecule has 0 N–H and O–H groups in total. The molecule has 2 atom stereocenters. The molecular weight excluding hydrogens is 232 g/mol. The zero-order chi connectivity index (χ0) is 12.9. The highest BCUT2D eigenvalue weighted by atomic mass is 16.6. The Labute approximate surface area is 105 Å². The molecule has 0 amide bonds. The van der Waals surface area contributed by atoms with Crippen molar-refractivity contribution in [1.82, 2.24) is 0 Å². The van der Waals surface area contributed by atoms with Crippen molar-refractivity contribution in [3.8, 4) is 11.5 Å². The van der Waals surface area contributed by atoms with Gasteiger partial charge in [-0.2, -0.15) is 0 Å². The van der Waals surface area contributed by atoms with Gasteiger partial charge in [0.1, 0.15) is 17.6 Å². The maximum atomic E-state index is 11.6. The summed E-state index contributed by atoms with van der Waals surface area (Å²) in [5.74, 6) is 1.22. The van der Waals surface area contributed by atoms with Crippen molar-refractivity contribution in [3.63, 3.8) is 0 Å². The number of ketones is 1. The quantitative estimate of drug-likeness (QED) is 0.593. The van der Waals surface area contributed by atoms with E-state index in [4.69, 9.17) is 14.2 Å². The van der Waals surface area contributed by atoms with Gasteiger partial charge in [-0.25, -0.2) is 0 Å². The smallest absolute Gasteiger partial charge is 0.163 e. The Balaban J connectivity index is 2.11. The SMILES string of the molecule is C=C1COC2c3cc(C(C)=O)c(OC)cc3OC12. The second-order valence-corrected chi connectivity index (χ2v) is 4.57. The van der Waals surface area contributed by atoms with Crippen LogP contribution in [0.1, 0.15) is 28.9 Å². The molecule has 18 heavy (non-hydrogen) atoms. The van der Waals surface area contributed by atoms with Crippen LogP contribution in [0.15, 0.2) is 24.3 Å². The van der Waals surface area contributed by atoms with Crippen molar-refractivity contribution in [2.24, 2.45) is 0 Å². The summed E-state index contributed by atoms with van der Waals surface area (Å²) in [5, 5.41) is 0. The van der Waals surface area contributed by atoms with Gasteiger partial charge in [0.05, 0.1) is 19.3 Å². The van der Waals surface area contributed by atoms with Crippen LogP contribution in [0.5, 0.6) is 11.5 Å². The van der Waals surface area contributed by atoms with Gasteiger partial charge in [0.25, 0.3) is 0 Å². The minimum Gasteiger partial charge on any atom is -0.496 e. The molecule has 1 aromatic carbocycles. The van der Waals surface area contributed by atoms with Gasteiger partial charge in [-0.1, -0.05) is 6.58 Å². The number of fused-ring (bicyclic) bond motifs is 3. The molecule has 0 bridgehead atoms. The molecule has 0 radical (unpaired) electrons. The number of rotatable bonds is 2. The lowest BCUT2D eigenvalue weighted by molar-refractivity contribution is 0.0795. The monoisotopic (exact) mass is 246 g/mol. The van der Waals surface area contributed by atoms with E-state index in [-0.39, 0.29) is 18.0 Å². The molecule has 94 valence electrons. The molecule has 4 heteroatoms. The maximum Gasteiger partial charge on any atom is 0.163 e. The molecule has 1 fully saturated rings. The number of Topliss-reactive ketones (excluding diaryl/α,β-unsaturated/α-hetero) is 1. The van der Waals surface area contributed by atoms with Gasteiger partial charge in [0.15, 0.2) is 11.9 Å². The third kappa shape index (κ3) is 1.46. The molecule has 0 aliphatic carbocycles. The normalized spacial score (nSPS) is 24.4. The van der Waals surface area contributed by atoms with E-state index in [2.05, 4.69) is 6.58 Å². The third-order valence-electron chi connectivity index (χ3n) is 3.40. The molecule has 1 saturated heterocycles. The van der Waals surface area contributed by atoms with Crippen LogP contribution in [0, 0.1) is 0 Å². The van der Waals surface area contributed by atoms with Gasteiger partial charge in [-0.05, 0) is 18.6 Å². The van der Waals surface area contributed by atoms with Crippen molar-refractivity contribution >= 4 is 5.78 Å². The minimum atomic E-state index is -0.142. The largest absolute Gasteiger partial charge is 0.496 e. The molecule has 3 rings (SSSR count). The minimum absolute atomic E-state index is 0.0325. The van der Waals surface area contributed by atoms with Crippen molar-refractivity contribution in [3.05, 3.63) is 35.4 Å². The summed E-state index contributed by atoms with van der Waals surface area (Å²) in [6.45, 7) is 5.96. The Morgan fingerprint density at radius 1 is 1.44 bits per heavy atom. The molecule has 2 heterocycles. The molecule has 1 aromatic rings. The zero-order valence-corrected chi connectivity index (χ0v) is 10.4. The Morgan fingerprint density at radius 2 is 2.22 bits per heavy atom. The van der Waals surface area contributed by atoms with Crippen molar-refractivity contribution in [2.45, 2.75) is 19.1 Å². The average molecular weight is 246 g/mol. The number of methoxy groups -OCH3 is 1. The van der Waals surface area contributed by atoms with Gasteiger partial charge < -0.3 is 14.2 Å². The summed E-state index contributed by atoms with van der Waals surface area (Å²) in [6.07, 6.45) is -0.275. The van der Waals surface area contributed by atoms with Crippen molar-refractivity contribution < 1.29 is 19.0 Å². The summed E-state index contributed by atoms with van der Waals surface area (Å²) in [7, 11) is 1.54. The predicted molar refractivity (Wildman–Crippen MR) is 65.2 cm³/mol. The summed E-state index contributed by atoms with van der Waals surface area (Å²) < 4.78 is 16.7. The van der Waals surface area contributed by atoms with Crippen molar-refractivity contribution in [1.29, 1.82) is 0 Å². The van der Waals surface area contributed by atoms with Gasteiger partial charge in [-0.3, -0.25) is 4.79 Å². The summed E-state index contributed by atoms with van der Waals surface area (Å²) >= 11 is 0. The van der Waals surface area contributed by atoms with Crippen LogP contribution >= 0.6 is 0 Å². The van der Waals surface area contributed by atoms with E-state index >= 15 is 0 Å². The number of ether oxygens (including phenoxy) is 3. The second kappa shape index (κ2) is 3.85. The fraction of sp³-hybridized carbons (Fsp3) is 0.357. The predicted octanol–water partition coefficient (Wildman–Crippen LogP) is 2.29. The van der Waals surface area contributed by atoms with E-state index in [1.807, 2.05) is 0 Å². The van der Waals surface area contributed by atoms with Crippen LogP contribution in [0.2, 0.25) is 0 Å². The number of benzene rings is 1. The fourth-order valence-corrected chi connectivity index (χ4v) is 2.46. The fourth-order valence-electron chi connectivity index (χ4n) is 2.46. The summed E-state index contributed by atoms with van der Waals surface area (Å²) in [6, 6.07) is 3.56. The van der Waals surface area contributed by atoms with E-state index in [0.717, 1.165) is 11.1 Å². The standard InChI is InChI=1S/C14H14O4/c1-7-6-17-14-10-4-9(8(2)15)11(16-3)5-12(10)18-13(7)14/h4-5,13-14H,1,6H2,2-3H3. The Morgan fingerprint density at radius 3 is 2.89 bits per heavy atom. The first kappa shape index (κ1) is 11.3. The lowest BCUT2D eigenvalue weighted by atomic mass is 10.0. The van der Waals surface area contributed by atoms with Gasteiger partial charge in [0.2, 0.25) is 0 Å². The lowest BCUT2D eigenvalue weighted by Crippen LogP contribution is -2.14. The summed E-state index contributed by atoms with van der Waals surface area (Å²) in [5.41, 5.74) is 2.39. The van der Waals surface area contributed by atoms with Gasteiger partial charge in [-0.15, -0.1) is 0 Å². The van der Waals surface area contributed by atoms with Gasteiger partial charge in [0, 0.05) is 11.6 Å². The highest BCUT2D eigenvalue weighted by Crippen LogP contribution is 2.47. The van der Waals surface area contributed by atoms with Crippen LogP contribution < -0.4 is 9.47 Å². The Kier molecular flexibility index (Phi) is 2.41. The number of hydrogen-bond acceptors (Lipinski definition) is 4. The molecule has 0 spiro atoms. The third-order valence-corrected chi connectivity index (χ3v) is 3.40. The first-order chi connectivity index (χ1) is 8.61. The molecule has 0 saturated carbocycles. The van der Waals surface area contributed by atoms with Crippen LogP contribution in [-0.4, -0.2) is 25.6 Å². The molecule has 2 aliphatic heterocycles. The summed E-state index contributed by atoms with van der Waals surface area (Å²) in [4.78, 5) is 11.6. The van der Waals surface area contributed by atoms with Crippen LogP contribution in [0.4, 0.5) is 0 Å². The van der Waals surface area contributed by atoms with E-state index in [1.165, 1.54) is 6.92 Å². The molecule has 2 unspecified atom stereocenters. The number of carbonyl (C=O) groups excluding carboxylic acids is 1. The highest BCUT2D eigenvalue weighted by Gasteiger charge is 2.42. The molecule has 4 nitrogen and oxygen atoms in total. The van der Waals surface area contributed by atoms with E-state index in [9.17, 15) is 4.79 Å². The van der Waals surface area contributed by atoms with E-state index < -0.39 is 0 Å². The van der Waals surface area contributed by atoms with E-state index in [1.54, 1.807) is 19.2 Å². The number of carbonyl (C=O) groups is 1. The number of hydrogen-bond donors (Lipinski definition) is 0. The first-order valence-electron chi connectivity index (χ1n) is 5.80. The molecule has 0 aromatic heterocycles. The Bertz CT molecular complexity index is 547.